The summed E-state index contributed by atoms with van der Waals surface area (Å²) in [5.41, 5.74) is -0.410. The fourth-order valence-corrected chi connectivity index (χ4v) is 4.63. The molecular weight excluding hydrogens is 453 g/mol. The number of sulfonamides is 1. The minimum absolute atomic E-state index is 0.418. The molecule has 2 N–H and O–H groups in total. The number of amides is 2. The van der Waals surface area contributed by atoms with Crippen LogP contribution in [-0.2, 0) is 29.1 Å². The van der Waals surface area contributed by atoms with Gasteiger partial charge in [0.15, 0.2) is 6.10 Å². The third-order valence-corrected chi connectivity index (χ3v) is 6.75. The molecule has 2 aromatic rings. The van der Waals surface area contributed by atoms with E-state index < -0.39 is 56.2 Å². The zero-order valence-corrected chi connectivity index (χ0v) is 19.3. The highest BCUT2D eigenvalue weighted by atomic mass is 32.2. The van der Waals surface area contributed by atoms with Crippen molar-refractivity contribution >= 4 is 39.2 Å². The number of carbonyl (C=O) groups excluding carboxylic acids is 3. The third-order valence-electron chi connectivity index (χ3n) is 5.18. The summed E-state index contributed by atoms with van der Waals surface area (Å²) in [5.74, 6) is -3.10. The molecule has 0 radical (unpaired) electrons. The van der Waals surface area contributed by atoms with E-state index in [4.69, 9.17) is 4.74 Å². The van der Waals surface area contributed by atoms with Gasteiger partial charge in [-0.3, -0.25) is 19.3 Å². The van der Waals surface area contributed by atoms with E-state index in [1.807, 2.05) is 4.72 Å². The fourth-order valence-electron chi connectivity index (χ4n) is 3.36. The summed E-state index contributed by atoms with van der Waals surface area (Å²) < 4.78 is 45.9. The van der Waals surface area contributed by atoms with E-state index in [9.17, 15) is 27.2 Å². The Balaban J connectivity index is 1.76. The van der Waals surface area contributed by atoms with E-state index in [1.54, 1.807) is 38.1 Å². The molecule has 0 aromatic heterocycles. The van der Waals surface area contributed by atoms with E-state index in [0.717, 1.165) is 12.1 Å². The van der Waals surface area contributed by atoms with Gasteiger partial charge in [0.2, 0.25) is 15.9 Å². The van der Waals surface area contributed by atoms with Crippen LogP contribution in [0.15, 0.2) is 53.4 Å². The Labute approximate surface area is 191 Å². The average molecular weight is 478 g/mol. The lowest BCUT2D eigenvalue weighted by molar-refractivity contribution is -0.155. The SMILES string of the molecule is C[C@H](NS(=O)(=O)c1ccccc1F)C(=O)O[C@H](C)C(=O)N1c2ccccc2NC(=O)C1(C)C. The molecule has 0 fully saturated rings. The first-order valence-corrected chi connectivity index (χ1v) is 11.6. The zero-order chi connectivity index (χ0) is 24.6. The van der Waals surface area contributed by atoms with Crippen molar-refractivity contribution in [2.75, 3.05) is 10.2 Å². The van der Waals surface area contributed by atoms with Gasteiger partial charge in [-0.2, -0.15) is 4.72 Å². The molecular formula is C22H24FN3O6S. The lowest BCUT2D eigenvalue weighted by Gasteiger charge is -2.42. The van der Waals surface area contributed by atoms with Crippen molar-refractivity contribution in [3.8, 4) is 0 Å². The van der Waals surface area contributed by atoms with Crippen LogP contribution in [0.25, 0.3) is 0 Å². The summed E-state index contributed by atoms with van der Waals surface area (Å²) in [7, 11) is -4.35. The largest absolute Gasteiger partial charge is 0.451 e. The van der Waals surface area contributed by atoms with Crippen molar-refractivity contribution < 1.29 is 31.9 Å². The second kappa shape index (κ2) is 8.91. The highest BCUT2D eigenvalue weighted by molar-refractivity contribution is 7.89. The third kappa shape index (κ3) is 4.74. The number of rotatable bonds is 6. The second-order valence-electron chi connectivity index (χ2n) is 8.06. The molecule has 0 saturated heterocycles. The molecule has 0 unspecified atom stereocenters. The standard InChI is InChI=1S/C22H24FN3O6S/c1-13(25-33(30,31)18-12-8-5-9-15(18)23)20(28)32-14(2)19(27)26-17-11-7-6-10-16(17)24-21(29)22(26,3)4/h5-14,25H,1-4H3,(H,24,29)/t13-,14+/m0/s1. The lowest BCUT2D eigenvalue weighted by Crippen LogP contribution is -2.60. The quantitative estimate of drug-likeness (QED) is 0.615. The van der Waals surface area contributed by atoms with Crippen LogP contribution >= 0.6 is 0 Å². The van der Waals surface area contributed by atoms with Crippen LogP contribution in [0.4, 0.5) is 15.8 Å². The number of ether oxygens (including phenoxy) is 1. The summed E-state index contributed by atoms with van der Waals surface area (Å²) in [6.45, 7) is 5.64. The number of nitrogens with zero attached hydrogens (tertiary/aromatic N) is 1. The van der Waals surface area contributed by atoms with Crippen LogP contribution in [0.3, 0.4) is 0 Å². The smallest absolute Gasteiger partial charge is 0.324 e. The first-order chi connectivity index (χ1) is 15.4. The molecule has 2 atom stereocenters. The zero-order valence-electron chi connectivity index (χ0n) is 18.5. The van der Waals surface area contributed by atoms with Crippen LogP contribution in [0, 0.1) is 5.82 Å². The predicted octanol–water partition coefficient (Wildman–Crippen LogP) is 2.19. The molecule has 1 aliphatic rings. The Morgan fingerprint density at radius 1 is 1.09 bits per heavy atom. The number of fused-ring (bicyclic) bond motifs is 1. The van der Waals surface area contributed by atoms with Crippen LogP contribution in [0.1, 0.15) is 27.7 Å². The molecule has 33 heavy (non-hydrogen) atoms. The molecule has 0 bridgehead atoms. The number of esters is 1. The number of halogens is 1. The molecule has 0 saturated carbocycles. The van der Waals surface area contributed by atoms with Gasteiger partial charge in [-0.1, -0.05) is 24.3 Å². The highest BCUT2D eigenvalue weighted by Crippen LogP contribution is 2.37. The van der Waals surface area contributed by atoms with Crippen LogP contribution in [0.2, 0.25) is 0 Å². The summed E-state index contributed by atoms with van der Waals surface area (Å²) in [6.07, 6.45) is -1.34. The Bertz CT molecular complexity index is 1210. The van der Waals surface area contributed by atoms with Crippen molar-refractivity contribution in [1.82, 2.24) is 4.72 Å². The van der Waals surface area contributed by atoms with Crippen molar-refractivity contribution in [1.29, 1.82) is 0 Å². The van der Waals surface area contributed by atoms with Gasteiger partial charge in [-0.05, 0) is 52.0 Å². The van der Waals surface area contributed by atoms with Gasteiger partial charge in [-0.25, -0.2) is 12.8 Å². The molecule has 3 rings (SSSR count). The maximum atomic E-state index is 13.9. The van der Waals surface area contributed by atoms with Crippen molar-refractivity contribution in [2.24, 2.45) is 0 Å². The maximum absolute atomic E-state index is 13.9. The molecule has 9 nitrogen and oxygen atoms in total. The van der Waals surface area contributed by atoms with Gasteiger partial charge >= 0.3 is 5.97 Å². The summed E-state index contributed by atoms with van der Waals surface area (Å²) >= 11 is 0. The fraction of sp³-hybridized carbons (Fsp3) is 0.318. The lowest BCUT2D eigenvalue weighted by atomic mass is 9.95. The number of hydrogen-bond donors (Lipinski definition) is 2. The van der Waals surface area contributed by atoms with E-state index in [2.05, 4.69) is 5.32 Å². The van der Waals surface area contributed by atoms with Gasteiger partial charge in [0.25, 0.3) is 5.91 Å². The molecule has 2 amide bonds. The summed E-state index contributed by atoms with van der Waals surface area (Å²) in [4.78, 5) is 38.9. The van der Waals surface area contributed by atoms with E-state index in [0.29, 0.717) is 11.4 Å². The normalized spacial score (nSPS) is 16.9. The Morgan fingerprint density at radius 2 is 1.70 bits per heavy atom. The number of para-hydroxylation sites is 2. The molecule has 176 valence electrons. The number of benzene rings is 2. The molecule has 11 heteroatoms. The van der Waals surface area contributed by atoms with Crippen molar-refractivity contribution in [2.45, 2.75) is 50.3 Å². The van der Waals surface area contributed by atoms with Gasteiger partial charge in [-0.15, -0.1) is 0 Å². The van der Waals surface area contributed by atoms with E-state index in [-0.39, 0.29) is 0 Å². The predicted molar refractivity (Wildman–Crippen MR) is 118 cm³/mol. The van der Waals surface area contributed by atoms with Crippen LogP contribution in [-0.4, -0.2) is 43.9 Å². The van der Waals surface area contributed by atoms with Gasteiger partial charge in [0.05, 0.1) is 11.4 Å². The van der Waals surface area contributed by atoms with Gasteiger partial charge in [0.1, 0.15) is 22.3 Å². The maximum Gasteiger partial charge on any atom is 0.324 e. The summed E-state index contributed by atoms with van der Waals surface area (Å²) in [6, 6.07) is 9.99. The number of hydrogen-bond acceptors (Lipinski definition) is 6. The topological polar surface area (TPSA) is 122 Å². The first-order valence-electron chi connectivity index (χ1n) is 10.1. The average Bonchev–Trinajstić information content (AvgIpc) is 2.73. The van der Waals surface area contributed by atoms with Gasteiger partial charge < -0.3 is 10.1 Å². The second-order valence-corrected chi connectivity index (χ2v) is 9.74. The number of nitrogens with one attached hydrogen (secondary N) is 2. The number of carbonyl (C=O) groups is 3. The minimum Gasteiger partial charge on any atom is -0.451 e. The Morgan fingerprint density at radius 3 is 2.36 bits per heavy atom. The molecule has 0 aliphatic carbocycles. The minimum atomic E-state index is -4.35. The Hall–Kier alpha value is -3.31. The number of anilines is 2. The van der Waals surface area contributed by atoms with Crippen LogP contribution < -0.4 is 14.9 Å². The monoisotopic (exact) mass is 477 g/mol. The Kier molecular flexibility index (Phi) is 6.57. The van der Waals surface area contributed by atoms with E-state index >= 15 is 0 Å². The van der Waals surface area contributed by atoms with Crippen molar-refractivity contribution in [3.63, 3.8) is 0 Å². The summed E-state index contributed by atoms with van der Waals surface area (Å²) in [5, 5.41) is 2.73. The van der Waals surface area contributed by atoms with E-state index in [1.165, 1.54) is 30.9 Å². The first kappa shape index (κ1) is 24.3. The molecule has 0 spiro atoms. The molecule has 1 aliphatic heterocycles. The molecule has 2 aromatic carbocycles. The highest BCUT2D eigenvalue weighted by Gasteiger charge is 2.45. The van der Waals surface area contributed by atoms with Gasteiger partial charge in [0, 0.05) is 0 Å². The van der Waals surface area contributed by atoms with Crippen LogP contribution in [0.5, 0.6) is 0 Å². The molecule has 1 heterocycles. The van der Waals surface area contributed by atoms with Crippen molar-refractivity contribution in [3.05, 3.63) is 54.3 Å².